The number of unbranched alkanes of at least 4 members (excludes halogenated alkanes) is 3. The predicted octanol–water partition coefficient (Wildman–Crippen LogP) is 2.93. The Morgan fingerprint density at radius 1 is 0.955 bits per heavy atom. The van der Waals surface area contributed by atoms with Gasteiger partial charge in [0.05, 0.1) is 5.92 Å². The minimum atomic E-state index is -0.452. The summed E-state index contributed by atoms with van der Waals surface area (Å²) in [6.07, 6.45) is 11.1. The summed E-state index contributed by atoms with van der Waals surface area (Å²) in [6.45, 7) is 6.86. The largest absolute Gasteiger partial charge is 0.444 e. The van der Waals surface area contributed by atoms with Gasteiger partial charge in [0.25, 0.3) is 0 Å². The summed E-state index contributed by atoms with van der Waals surface area (Å²) >= 11 is 0. The topological polar surface area (TPSA) is 67.4 Å². The average Bonchev–Trinajstić information content (AvgIpc) is 2.93. The van der Waals surface area contributed by atoms with Crippen LogP contribution in [-0.4, -0.2) is 30.7 Å². The zero-order chi connectivity index (χ0) is 16.4. The van der Waals surface area contributed by atoms with Crippen molar-refractivity contribution in [2.75, 3.05) is 13.1 Å². The maximum Gasteiger partial charge on any atom is 0.407 e. The van der Waals surface area contributed by atoms with Gasteiger partial charge in [-0.15, -0.1) is 0 Å². The molecule has 0 aliphatic heterocycles. The van der Waals surface area contributed by atoms with Crippen LogP contribution in [0.25, 0.3) is 0 Å². The highest BCUT2D eigenvalue weighted by molar-refractivity contribution is 5.83. The third-order valence-corrected chi connectivity index (χ3v) is 3.12. The Morgan fingerprint density at radius 2 is 1.50 bits per heavy atom. The molecule has 124 valence electrons. The predicted molar refractivity (Wildman–Crippen MR) is 87.5 cm³/mol. The van der Waals surface area contributed by atoms with Crippen LogP contribution in [0.4, 0.5) is 4.79 Å². The molecule has 0 radical (unpaired) electrons. The Labute approximate surface area is 133 Å². The summed E-state index contributed by atoms with van der Waals surface area (Å²) in [4.78, 5) is 23.1. The van der Waals surface area contributed by atoms with Gasteiger partial charge in [-0.2, -0.15) is 0 Å². The molecule has 5 nitrogen and oxygen atoms in total. The molecule has 0 spiro atoms. The van der Waals surface area contributed by atoms with E-state index in [0.29, 0.717) is 13.1 Å². The summed E-state index contributed by atoms with van der Waals surface area (Å²) in [5.74, 6) is -0.0328. The molecule has 0 aromatic rings. The Balaban J connectivity index is 1.91. The van der Waals surface area contributed by atoms with Crippen molar-refractivity contribution < 1.29 is 14.3 Å². The first kappa shape index (κ1) is 18.3. The minimum absolute atomic E-state index is 0.0663. The zero-order valence-electron chi connectivity index (χ0n) is 13.9. The van der Waals surface area contributed by atoms with Crippen molar-refractivity contribution in [2.45, 2.75) is 52.1 Å². The van der Waals surface area contributed by atoms with Gasteiger partial charge >= 0.3 is 6.09 Å². The number of amides is 2. The van der Waals surface area contributed by atoms with Crippen LogP contribution in [0.5, 0.6) is 0 Å². The number of allylic oxidation sites excluding steroid dienone is 2. The van der Waals surface area contributed by atoms with E-state index in [0.717, 1.165) is 25.7 Å². The number of alkyl carbamates (subject to hydrolysis) is 1. The molecule has 1 aliphatic rings. The summed E-state index contributed by atoms with van der Waals surface area (Å²) in [5, 5.41) is 5.67. The van der Waals surface area contributed by atoms with Crippen molar-refractivity contribution in [3.8, 4) is 0 Å². The van der Waals surface area contributed by atoms with Gasteiger partial charge in [-0.05, 0) is 33.6 Å². The van der Waals surface area contributed by atoms with E-state index in [-0.39, 0.29) is 17.9 Å². The smallest absolute Gasteiger partial charge is 0.407 e. The molecule has 0 heterocycles. The van der Waals surface area contributed by atoms with Crippen molar-refractivity contribution in [3.63, 3.8) is 0 Å². The summed E-state index contributed by atoms with van der Waals surface area (Å²) < 4.78 is 5.15. The SMILES string of the molecule is CC(C)(C)OC(=O)NCCCCCCNC(=O)C1C=CC=C1. The molecule has 0 fully saturated rings. The average molecular weight is 308 g/mol. The zero-order valence-corrected chi connectivity index (χ0v) is 13.9. The Bertz CT molecular complexity index is 410. The standard InChI is InChI=1S/C17H28N2O3/c1-17(2,3)22-16(21)19-13-9-5-4-8-12-18-15(20)14-10-6-7-11-14/h6-7,10-11,14H,4-5,8-9,12-13H2,1-3H3,(H,18,20)(H,19,21). The van der Waals surface area contributed by atoms with E-state index >= 15 is 0 Å². The maximum absolute atomic E-state index is 11.7. The Morgan fingerprint density at radius 3 is 2.05 bits per heavy atom. The van der Waals surface area contributed by atoms with Gasteiger partial charge < -0.3 is 15.4 Å². The van der Waals surface area contributed by atoms with Crippen LogP contribution >= 0.6 is 0 Å². The van der Waals surface area contributed by atoms with Gasteiger partial charge in [-0.3, -0.25) is 4.79 Å². The molecule has 0 aromatic heterocycles. The fourth-order valence-electron chi connectivity index (χ4n) is 2.04. The first-order chi connectivity index (χ1) is 10.4. The quantitative estimate of drug-likeness (QED) is 0.677. The molecule has 5 heteroatoms. The second kappa shape index (κ2) is 9.28. The number of carbonyl (C=O) groups excluding carboxylic acids is 2. The highest BCUT2D eigenvalue weighted by atomic mass is 16.6. The summed E-state index contributed by atoms with van der Waals surface area (Å²) in [6, 6.07) is 0. The molecule has 0 unspecified atom stereocenters. The third-order valence-electron chi connectivity index (χ3n) is 3.12. The van der Waals surface area contributed by atoms with E-state index in [4.69, 9.17) is 4.74 Å². The third kappa shape index (κ3) is 8.49. The van der Waals surface area contributed by atoms with Crippen molar-refractivity contribution in [1.82, 2.24) is 10.6 Å². The second-order valence-corrected chi connectivity index (χ2v) is 6.43. The molecule has 0 saturated carbocycles. The normalized spacial score (nSPS) is 14.1. The number of hydrogen-bond donors (Lipinski definition) is 2. The lowest BCUT2D eigenvalue weighted by Gasteiger charge is -2.19. The van der Waals surface area contributed by atoms with Crippen LogP contribution in [0.15, 0.2) is 24.3 Å². The molecule has 1 rings (SSSR count). The number of nitrogens with one attached hydrogen (secondary N) is 2. The van der Waals surface area contributed by atoms with Crippen molar-refractivity contribution in [1.29, 1.82) is 0 Å². The lowest BCUT2D eigenvalue weighted by atomic mass is 10.1. The van der Waals surface area contributed by atoms with Crippen LogP contribution in [0, 0.1) is 5.92 Å². The van der Waals surface area contributed by atoms with Gasteiger partial charge in [-0.25, -0.2) is 4.79 Å². The fourth-order valence-corrected chi connectivity index (χ4v) is 2.04. The van der Waals surface area contributed by atoms with E-state index in [9.17, 15) is 9.59 Å². The van der Waals surface area contributed by atoms with Crippen molar-refractivity contribution in [2.24, 2.45) is 5.92 Å². The van der Waals surface area contributed by atoms with Gasteiger partial charge in [0.2, 0.25) is 5.91 Å². The molecule has 2 N–H and O–H groups in total. The van der Waals surface area contributed by atoms with Gasteiger partial charge in [0.15, 0.2) is 0 Å². The van der Waals surface area contributed by atoms with E-state index in [1.807, 2.05) is 45.1 Å². The first-order valence-corrected chi connectivity index (χ1v) is 7.98. The molecular weight excluding hydrogens is 280 g/mol. The van der Waals surface area contributed by atoms with Crippen molar-refractivity contribution >= 4 is 12.0 Å². The lowest BCUT2D eigenvalue weighted by molar-refractivity contribution is -0.122. The van der Waals surface area contributed by atoms with Gasteiger partial charge in [-0.1, -0.05) is 37.1 Å². The lowest BCUT2D eigenvalue weighted by Crippen LogP contribution is -2.33. The molecule has 0 atom stereocenters. The van der Waals surface area contributed by atoms with E-state index in [2.05, 4.69) is 10.6 Å². The van der Waals surface area contributed by atoms with Gasteiger partial charge in [0, 0.05) is 13.1 Å². The molecule has 0 saturated heterocycles. The molecule has 1 aliphatic carbocycles. The van der Waals surface area contributed by atoms with Crippen LogP contribution < -0.4 is 10.6 Å². The maximum atomic E-state index is 11.7. The molecule has 2 amide bonds. The van der Waals surface area contributed by atoms with E-state index < -0.39 is 5.60 Å². The van der Waals surface area contributed by atoms with Gasteiger partial charge in [0.1, 0.15) is 5.60 Å². The molecular formula is C17H28N2O3. The van der Waals surface area contributed by atoms with Crippen molar-refractivity contribution in [3.05, 3.63) is 24.3 Å². The summed E-state index contributed by atoms with van der Waals surface area (Å²) in [7, 11) is 0. The highest BCUT2D eigenvalue weighted by Gasteiger charge is 2.15. The number of carbonyl (C=O) groups is 2. The molecule has 0 bridgehead atoms. The minimum Gasteiger partial charge on any atom is -0.444 e. The van der Waals surface area contributed by atoms with Crippen LogP contribution in [0.1, 0.15) is 46.5 Å². The summed E-state index contributed by atoms with van der Waals surface area (Å²) in [5.41, 5.74) is -0.452. The Hall–Kier alpha value is -1.78. The fraction of sp³-hybridized carbons (Fsp3) is 0.647. The monoisotopic (exact) mass is 308 g/mol. The molecule has 0 aromatic carbocycles. The van der Waals surface area contributed by atoms with E-state index in [1.54, 1.807) is 0 Å². The Kier molecular flexibility index (Phi) is 7.71. The van der Waals surface area contributed by atoms with Crippen LogP contribution in [0.2, 0.25) is 0 Å². The number of hydrogen-bond acceptors (Lipinski definition) is 3. The highest BCUT2D eigenvalue weighted by Crippen LogP contribution is 2.08. The second-order valence-electron chi connectivity index (χ2n) is 6.43. The number of ether oxygens (including phenoxy) is 1. The molecule has 22 heavy (non-hydrogen) atoms. The van der Waals surface area contributed by atoms with E-state index in [1.165, 1.54) is 0 Å². The number of rotatable bonds is 8. The van der Waals surface area contributed by atoms with Crippen LogP contribution in [0.3, 0.4) is 0 Å². The first-order valence-electron chi connectivity index (χ1n) is 7.98. The van der Waals surface area contributed by atoms with Crippen LogP contribution in [-0.2, 0) is 9.53 Å².